The van der Waals surface area contributed by atoms with Crippen LogP contribution in [0.4, 0.5) is 0 Å². The van der Waals surface area contributed by atoms with Crippen molar-refractivity contribution in [2.45, 2.75) is 26.7 Å². The molecule has 0 fully saturated rings. The molecular formula is C10H10Cl2IN3. The first-order chi connectivity index (χ1) is 7.56. The molecule has 2 heterocycles. The third-order valence-electron chi connectivity index (χ3n) is 2.35. The van der Waals surface area contributed by atoms with Crippen molar-refractivity contribution in [3.8, 4) is 0 Å². The van der Waals surface area contributed by atoms with Crippen LogP contribution in [-0.4, -0.2) is 14.6 Å². The third kappa shape index (κ3) is 1.91. The second kappa shape index (κ2) is 4.66. The van der Waals surface area contributed by atoms with Crippen LogP contribution in [0.3, 0.4) is 0 Å². The largest absolute Gasteiger partial charge is 0.215 e. The highest BCUT2D eigenvalue weighted by Gasteiger charge is 2.16. The number of hydrogen-bond acceptors (Lipinski definition) is 2. The molecule has 0 saturated carbocycles. The standard InChI is InChI=1S/C10H10Cl2IN3/c1-3-4-6-8(11)14-10-7(13)5(2)15-16(10)9(6)12/h3-4H2,1-2H3. The summed E-state index contributed by atoms with van der Waals surface area (Å²) in [5.74, 6) is 0. The van der Waals surface area contributed by atoms with Crippen molar-refractivity contribution < 1.29 is 0 Å². The van der Waals surface area contributed by atoms with E-state index in [0.717, 1.165) is 33.3 Å². The van der Waals surface area contributed by atoms with Gasteiger partial charge in [0.25, 0.3) is 0 Å². The zero-order valence-electron chi connectivity index (χ0n) is 8.89. The lowest BCUT2D eigenvalue weighted by Gasteiger charge is -2.06. The van der Waals surface area contributed by atoms with Crippen LogP contribution in [0.15, 0.2) is 0 Å². The molecule has 0 radical (unpaired) electrons. The van der Waals surface area contributed by atoms with Gasteiger partial charge < -0.3 is 0 Å². The van der Waals surface area contributed by atoms with Crippen LogP contribution in [0, 0.1) is 10.5 Å². The minimum Gasteiger partial charge on any atom is -0.215 e. The molecule has 0 aliphatic heterocycles. The van der Waals surface area contributed by atoms with E-state index in [4.69, 9.17) is 23.2 Å². The van der Waals surface area contributed by atoms with E-state index in [9.17, 15) is 0 Å². The first kappa shape index (κ1) is 12.4. The smallest absolute Gasteiger partial charge is 0.172 e. The Labute approximate surface area is 117 Å². The van der Waals surface area contributed by atoms with Gasteiger partial charge in [-0.05, 0) is 35.9 Å². The van der Waals surface area contributed by atoms with Gasteiger partial charge in [-0.25, -0.2) is 9.50 Å². The number of halogens is 3. The van der Waals surface area contributed by atoms with Gasteiger partial charge in [-0.3, -0.25) is 0 Å². The van der Waals surface area contributed by atoms with Crippen LogP contribution < -0.4 is 0 Å². The average molecular weight is 370 g/mol. The van der Waals surface area contributed by atoms with E-state index in [1.807, 2.05) is 6.92 Å². The van der Waals surface area contributed by atoms with Gasteiger partial charge in [0.05, 0.1) is 9.26 Å². The molecule has 0 atom stereocenters. The Kier molecular flexibility index (Phi) is 3.61. The summed E-state index contributed by atoms with van der Waals surface area (Å²) in [7, 11) is 0. The lowest BCUT2D eigenvalue weighted by molar-refractivity contribution is 0.858. The van der Waals surface area contributed by atoms with Gasteiger partial charge in [-0.1, -0.05) is 36.5 Å². The number of fused-ring (bicyclic) bond motifs is 1. The maximum atomic E-state index is 6.28. The SMILES string of the molecule is CCCc1c(Cl)nc2c(I)c(C)nn2c1Cl. The molecule has 0 saturated heterocycles. The second-order valence-electron chi connectivity index (χ2n) is 3.56. The molecular weight excluding hydrogens is 360 g/mol. The summed E-state index contributed by atoms with van der Waals surface area (Å²) in [6.45, 7) is 4.01. The third-order valence-corrected chi connectivity index (χ3v) is 4.32. The average Bonchev–Trinajstić information content (AvgIpc) is 2.52. The molecule has 0 aliphatic rings. The Morgan fingerprint density at radius 2 is 2.06 bits per heavy atom. The van der Waals surface area contributed by atoms with Crippen molar-refractivity contribution in [3.05, 3.63) is 25.1 Å². The number of aryl methyl sites for hydroxylation is 1. The minimum atomic E-state index is 0.483. The Hall–Kier alpha value is -0.0700. The Morgan fingerprint density at radius 1 is 1.38 bits per heavy atom. The first-order valence-electron chi connectivity index (χ1n) is 4.95. The molecule has 86 valence electrons. The van der Waals surface area contributed by atoms with Crippen LogP contribution in [-0.2, 0) is 6.42 Å². The van der Waals surface area contributed by atoms with E-state index >= 15 is 0 Å². The molecule has 0 aliphatic carbocycles. The van der Waals surface area contributed by atoms with E-state index < -0.39 is 0 Å². The fourth-order valence-electron chi connectivity index (χ4n) is 1.56. The molecule has 2 aromatic heterocycles. The molecule has 16 heavy (non-hydrogen) atoms. The highest BCUT2D eigenvalue weighted by Crippen LogP contribution is 2.28. The predicted molar refractivity (Wildman–Crippen MR) is 74.5 cm³/mol. The van der Waals surface area contributed by atoms with Crippen molar-refractivity contribution in [2.24, 2.45) is 0 Å². The summed E-state index contributed by atoms with van der Waals surface area (Å²) in [5, 5.41) is 5.41. The van der Waals surface area contributed by atoms with Crippen molar-refractivity contribution in [1.82, 2.24) is 14.6 Å². The van der Waals surface area contributed by atoms with Gasteiger partial charge in [0.15, 0.2) is 5.65 Å². The van der Waals surface area contributed by atoms with Crippen LogP contribution in [0.2, 0.25) is 10.3 Å². The molecule has 0 N–H and O–H groups in total. The van der Waals surface area contributed by atoms with Gasteiger partial charge >= 0.3 is 0 Å². The number of rotatable bonds is 2. The molecule has 2 rings (SSSR count). The topological polar surface area (TPSA) is 30.2 Å². The van der Waals surface area contributed by atoms with E-state index in [0.29, 0.717) is 10.3 Å². The summed E-state index contributed by atoms with van der Waals surface area (Å²) in [6, 6.07) is 0. The highest BCUT2D eigenvalue weighted by molar-refractivity contribution is 14.1. The van der Waals surface area contributed by atoms with Crippen LogP contribution in [0.1, 0.15) is 24.6 Å². The minimum absolute atomic E-state index is 0.483. The van der Waals surface area contributed by atoms with Gasteiger partial charge in [0.2, 0.25) is 0 Å². The lowest BCUT2D eigenvalue weighted by atomic mass is 10.2. The first-order valence-corrected chi connectivity index (χ1v) is 6.78. The molecule has 0 amide bonds. The van der Waals surface area contributed by atoms with Crippen molar-refractivity contribution in [3.63, 3.8) is 0 Å². The molecule has 0 bridgehead atoms. The summed E-state index contributed by atoms with van der Waals surface area (Å²) in [5.41, 5.74) is 2.52. The Balaban J connectivity index is 2.78. The maximum absolute atomic E-state index is 6.28. The summed E-state index contributed by atoms with van der Waals surface area (Å²) in [6.07, 6.45) is 1.79. The molecule has 0 spiro atoms. The number of aromatic nitrogens is 3. The van der Waals surface area contributed by atoms with Gasteiger partial charge in [0, 0.05) is 5.56 Å². The zero-order valence-corrected chi connectivity index (χ0v) is 12.6. The van der Waals surface area contributed by atoms with E-state index in [1.165, 1.54) is 0 Å². The van der Waals surface area contributed by atoms with Crippen molar-refractivity contribution in [1.29, 1.82) is 0 Å². The monoisotopic (exact) mass is 369 g/mol. The van der Waals surface area contributed by atoms with Crippen LogP contribution >= 0.6 is 45.8 Å². The normalized spacial score (nSPS) is 11.3. The van der Waals surface area contributed by atoms with Gasteiger partial charge in [-0.15, -0.1) is 0 Å². The summed E-state index contributed by atoms with van der Waals surface area (Å²) < 4.78 is 2.65. The highest BCUT2D eigenvalue weighted by atomic mass is 127. The summed E-state index contributed by atoms with van der Waals surface area (Å²) in [4.78, 5) is 4.35. The fraction of sp³-hybridized carbons (Fsp3) is 0.400. The summed E-state index contributed by atoms with van der Waals surface area (Å²) >= 11 is 14.6. The Morgan fingerprint density at radius 3 is 2.69 bits per heavy atom. The number of nitrogens with zero attached hydrogens (tertiary/aromatic N) is 3. The molecule has 0 unspecified atom stereocenters. The van der Waals surface area contributed by atoms with Crippen LogP contribution in [0.25, 0.3) is 5.65 Å². The quantitative estimate of drug-likeness (QED) is 0.593. The van der Waals surface area contributed by atoms with Gasteiger partial charge in [0.1, 0.15) is 10.3 Å². The van der Waals surface area contributed by atoms with E-state index in [2.05, 4.69) is 39.6 Å². The molecule has 2 aromatic rings. The zero-order chi connectivity index (χ0) is 11.9. The maximum Gasteiger partial charge on any atom is 0.172 e. The van der Waals surface area contributed by atoms with E-state index in [1.54, 1.807) is 4.52 Å². The Bertz CT molecular complexity index is 551. The van der Waals surface area contributed by atoms with Crippen LogP contribution in [0.5, 0.6) is 0 Å². The second-order valence-corrected chi connectivity index (χ2v) is 5.35. The molecule has 6 heteroatoms. The van der Waals surface area contributed by atoms with Gasteiger partial charge in [-0.2, -0.15) is 5.10 Å². The van der Waals surface area contributed by atoms with Crippen molar-refractivity contribution >= 4 is 51.4 Å². The molecule has 0 aromatic carbocycles. The van der Waals surface area contributed by atoms with E-state index in [-0.39, 0.29) is 0 Å². The predicted octanol–water partition coefficient (Wildman–Crippen LogP) is 3.90. The fourth-order valence-corrected chi connectivity index (χ4v) is 2.63. The van der Waals surface area contributed by atoms with Crippen molar-refractivity contribution in [2.75, 3.05) is 0 Å². The number of hydrogen-bond donors (Lipinski definition) is 0. The lowest BCUT2D eigenvalue weighted by Crippen LogP contribution is -2.00. The molecule has 3 nitrogen and oxygen atoms in total.